The Balaban J connectivity index is 1.95. The zero-order valence-electron chi connectivity index (χ0n) is 12.2. The van der Waals surface area contributed by atoms with Gasteiger partial charge in [-0.05, 0) is 54.2 Å². The fourth-order valence-electron chi connectivity index (χ4n) is 2.00. The number of rotatable bonds is 4. The molecule has 1 N–H and O–H groups in total. The lowest BCUT2D eigenvalue weighted by Crippen LogP contribution is -1.95. The summed E-state index contributed by atoms with van der Waals surface area (Å²) >= 11 is 8.67. The number of halogens is 1. The number of ether oxygens (including phenoxy) is 1. The molecular formula is C16H13BrN4OS. The van der Waals surface area contributed by atoms with E-state index in [2.05, 4.69) is 31.2 Å². The molecule has 3 rings (SSSR count). The van der Waals surface area contributed by atoms with Crippen molar-refractivity contribution in [3.8, 4) is 17.1 Å². The fourth-order valence-corrected chi connectivity index (χ4v) is 2.44. The van der Waals surface area contributed by atoms with Gasteiger partial charge in [-0.2, -0.15) is 14.9 Å². The van der Waals surface area contributed by atoms with Gasteiger partial charge in [-0.25, -0.2) is 5.10 Å². The molecule has 2 aromatic carbocycles. The molecule has 1 aromatic heterocycles. The number of methoxy groups -OCH3 is 1. The van der Waals surface area contributed by atoms with Crippen molar-refractivity contribution in [1.29, 1.82) is 0 Å². The highest BCUT2D eigenvalue weighted by atomic mass is 79.9. The first-order valence-corrected chi connectivity index (χ1v) is 7.99. The van der Waals surface area contributed by atoms with E-state index in [-0.39, 0.29) is 0 Å². The van der Waals surface area contributed by atoms with Gasteiger partial charge in [-0.1, -0.05) is 28.1 Å². The molecule has 0 amide bonds. The molecule has 0 saturated carbocycles. The van der Waals surface area contributed by atoms with Crippen molar-refractivity contribution < 1.29 is 4.74 Å². The lowest BCUT2D eigenvalue weighted by Gasteiger charge is -2.03. The molecule has 23 heavy (non-hydrogen) atoms. The van der Waals surface area contributed by atoms with Gasteiger partial charge in [0.15, 0.2) is 5.82 Å². The quantitative estimate of drug-likeness (QED) is 0.536. The maximum atomic E-state index is 5.26. The molecule has 0 bridgehead atoms. The van der Waals surface area contributed by atoms with E-state index in [9.17, 15) is 0 Å². The molecular weight excluding hydrogens is 376 g/mol. The van der Waals surface area contributed by atoms with Gasteiger partial charge in [0.25, 0.3) is 0 Å². The molecule has 0 spiro atoms. The number of aromatic nitrogens is 3. The molecule has 7 heteroatoms. The van der Waals surface area contributed by atoms with Crippen LogP contribution in [-0.2, 0) is 0 Å². The molecule has 0 fully saturated rings. The zero-order valence-corrected chi connectivity index (χ0v) is 14.6. The fraction of sp³-hybridized carbons (Fsp3) is 0.0625. The van der Waals surface area contributed by atoms with Crippen LogP contribution < -0.4 is 4.74 Å². The average Bonchev–Trinajstić information content (AvgIpc) is 2.95. The van der Waals surface area contributed by atoms with Crippen molar-refractivity contribution in [1.82, 2.24) is 14.9 Å². The van der Waals surface area contributed by atoms with Crippen molar-refractivity contribution >= 4 is 34.4 Å². The topological polar surface area (TPSA) is 55.2 Å². The highest BCUT2D eigenvalue weighted by molar-refractivity contribution is 9.10. The van der Waals surface area contributed by atoms with Crippen LogP contribution in [0.2, 0.25) is 0 Å². The summed E-state index contributed by atoms with van der Waals surface area (Å²) in [6.07, 6.45) is 1.74. The van der Waals surface area contributed by atoms with Crippen molar-refractivity contribution in [3.05, 3.63) is 63.3 Å². The number of nitrogens with zero attached hydrogens (tertiary/aromatic N) is 3. The first kappa shape index (κ1) is 15.6. The van der Waals surface area contributed by atoms with Gasteiger partial charge in [0.05, 0.1) is 13.3 Å². The van der Waals surface area contributed by atoms with Gasteiger partial charge in [0.2, 0.25) is 4.77 Å². The molecule has 0 saturated heterocycles. The molecule has 0 aliphatic heterocycles. The van der Waals surface area contributed by atoms with Gasteiger partial charge in [-0.3, -0.25) is 0 Å². The monoisotopic (exact) mass is 388 g/mol. The van der Waals surface area contributed by atoms with Crippen LogP contribution in [0.5, 0.6) is 5.75 Å². The van der Waals surface area contributed by atoms with E-state index in [0.29, 0.717) is 10.6 Å². The number of benzene rings is 2. The third-order valence-electron chi connectivity index (χ3n) is 3.19. The number of H-pyrrole nitrogens is 1. The summed E-state index contributed by atoms with van der Waals surface area (Å²) in [5, 5.41) is 11.5. The summed E-state index contributed by atoms with van der Waals surface area (Å²) < 4.78 is 8.22. The average molecular weight is 389 g/mol. The van der Waals surface area contributed by atoms with Crippen LogP contribution in [0.3, 0.4) is 0 Å². The van der Waals surface area contributed by atoms with E-state index < -0.39 is 0 Å². The Morgan fingerprint density at radius 2 is 1.87 bits per heavy atom. The molecule has 0 aliphatic carbocycles. The molecule has 3 aromatic rings. The van der Waals surface area contributed by atoms with Gasteiger partial charge < -0.3 is 4.74 Å². The second-order valence-electron chi connectivity index (χ2n) is 4.69. The summed E-state index contributed by atoms with van der Waals surface area (Å²) in [5.74, 6) is 1.43. The van der Waals surface area contributed by atoms with Gasteiger partial charge in [-0.15, -0.1) is 0 Å². The number of hydrogen-bond acceptors (Lipinski definition) is 4. The van der Waals surface area contributed by atoms with Gasteiger partial charge in [0, 0.05) is 10.0 Å². The molecule has 1 heterocycles. The van der Waals surface area contributed by atoms with Crippen LogP contribution in [0.15, 0.2) is 58.1 Å². The predicted octanol–water partition coefficient (Wildman–Crippen LogP) is 4.26. The van der Waals surface area contributed by atoms with E-state index in [0.717, 1.165) is 21.3 Å². The highest BCUT2D eigenvalue weighted by Crippen LogP contribution is 2.20. The Bertz CT molecular complexity index is 882. The minimum atomic E-state index is 0.434. The smallest absolute Gasteiger partial charge is 0.216 e. The van der Waals surface area contributed by atoms with Crippen molar-refractivity contribution in [2.24, 2.45) is 5.10 Å². The first-order valence-electron chi connectivity index (χ1n) is 6.79. The zero-order chi connectivity index (χ0) is 16.2. The lowest BCUT2D eigenvalue weighted by molar-refractivity contribution is 0.415. The Labute approximate surface area is 146 Å². The van der Waals surface area contributed by atoms with Crippen LogP contribution in [0.25, 0.3) is 11.4 Å². The SMILES string of the molecule is COc1ccc(-c2n[nH]c(=S)n2N=Cc2ccc(Br)cc2)cc1. The second-order valence-corrected chi connectivity index (χ2v) is 5.99. The Morgan fingerprint density at radius 3 is 2.52 bits per heavy atom. The molecule has 0 radical (unpaired) electrons. The Morgan fingerprint density at radius 1 is 1.17 bits per heavy atom. The third kappa shape index (κ3) is 3.57. The van der Waals surface area contributed by atoms with Gasteiger partial charge in [0.1, 0.15) is 5.75 Å². The Hall–Kier alpha value is -2.25. The Kier molecular flexibility index (Phi) is 4.68. The van der Waals surface area contributed by atoms with Crippen LogP contribution >= 0.6 is 28.1 Å². The van der Waals surface area contributed by atoms with Crippen molar-refractivity contribution in [2.45, 2.75) is 0 Å². The van der Waals surface area contributed by atoms with Crippen molar-refractivity contribution in [2.75, 3.05) is 7.11 Å². The number of aromatic amines is 1. The van der Waals surface area contributed by atoms with Crippen LogP contribution in [0, 0.1) is 4.77 Å². The van der Waals surface area contributed by atoms with Crippen LogP contribution in [0.1, 0.15) is 5.56 Å². The largest absolute Gasteiger partial charge is 0.497 e. The molecule has 116 valence electrons. The van der Waals surface area contributed by atoms with E-state index in [1.165, 1.54) is 0 Å². The molecule has 0 atom stereocenters. The molecule has 5 nitrogen and oxygen atoms in total. The van der Waals surface area contributed by atoms with E-state index in [1.54, 1.807) is 18.0 Å². The van der Waals surface area contributed by atoms with Crippen LogP contribution in [-0.4, -0.2) is 28.2 Å². The summed E-state index contributed by atoms with van der Waals surface area (Å²) in [7, 11) is 1.63. The summed E-state index contributed by atoms with van der Waals surface area (Å²) in [5.41, 5.74) is 1.86. The van der Waals surface area contributed by atoms with Gasteiger partial charge >= 0.3 is 0 Å². The third-order valence-corrected chi connectivity index (χ3v) is 3.98. The standard InChI is InChI=1S/C16H13BrN4OS/c1-22-14-8-4-12(5-9-14)15-19-20-16(23)21(15)18-10-11-2-6-13(17)7-3-11/h2-10H,1H3,(H,20,23). The first-order chi connectivity index (χ1) is 11.2. The van der Waals surface area contributed by atoms with E-state index in [1.807, 2.05) is 48.5 Å². The number of nitrogens with one attached hydrogen (secondary N) is 1. The summed E-state index contributed by atoms with van der Waals surface area (Å²) in [4.78, 5) is 0. The maximum absolute atomic E-state index is 5.26. The number of hydrogen-bond donors (Lipinski definition) is 1. The second kappa shape index (κ2) is 6.89. The highest BCUT2D eigenvalue weighted by Gasteiger charge is 2.08. The normalized spacial score (nSPS) is 11.0. The molecule has 0 unspecified atom stereocenters. The predicted molar refractivity (Wildman–Crippen MR) is 96.5 cm³/mol. The minimum absolute atomic E-state index is 0.434. The van der Waals surface area contributed by atoms with Crippen molar-refractivity contribution in [3.63, 3.8) is 0 Å². The van der Waals surface area contributed by atoms with E-state index >= 15 is 0 Å². The van der Waals surface area contributed by atoms with Crippen LogP contribution in [0.4, 0.5) is 0 Å². The lowest BCUT2D eigenvalue weighted by atomic mass is 10.2. The summed E-state index contributed by atoms with van der Waals surface area (Å²) in [6.45, 7) is 0. The summed E-state index contributed by atoms with van der Waals surface area (Å²) in [6, 6.07) is 15.4. The molecule has 0 aliphatic rings. The van der Waals surface area contributed by atoms with E-state index in [4.69, 9.17) is 17.0 Å². The minimum Gasteiger partial charge on any atom is -0.497 e. The maximum Gasteiger partial charge on any atom is 0.216 e.